The number of amides is 2. The fraction of sp³-hybridized carbons (Fsp3) is 0.600. The molecule has 1 saturated carbocycles. The number of nitrogens with two attached hydrogens (primary N) is 1. The Balaban J connectivity index is 2.14. The summed E-state index contributed by atoms with van der Waals surface area (Å²) in [7, 11) is 0. The maximum atomic E-state index is 12.1. The van der Waals surface area contributed by atoms with Crippen LogP contribution in [-0.2, 0) is 4.79 Å². The third-order valence-electron chi connectivity index (χ3n) is 2.97. The second-order valence-electron chi connectivity index (χ2n) is 4.17. The fourth-order valence-corrected chi connectivity index (χ4v) is 2.20. The largest absolute Gasteiger partial charge is 0.368 e. The standard InChI is InChI=1S/C10H15N5O2/c11-8(16)5-15(7-3-1-2-4-7)10(17)9-12-6-13-14-9/h6-7H,1-5H2,(H2,11,16)(H,12,13,14). The van der Waals surface area contributed by atoms with Crippen molar-refractivity contribution in [2.45, 2.75) is 31.7 Å². The Kier molecular flexibility index (Phi) is 3.36. The Morgan fingerprint density at radius 2 is 2.18 bits per heavy atom. The Hall–Kier alpha value is -1.92. The zero-order chi connectivity index (χ0) is 12.3. The maximum absolute atomic E-state index is 12.1. The SMILES string of the molecule is NC(=O)CN(C(=O)c1ncn[nH]1)C1CCCC1. The molecule has 1 heterocycles. The van der Waals surface area contributed by atoms with Gasteiger partial charge in [-0.15, -0.1) is 0 Å². The molecular weight excluding hydrogens is 222 g/mol. The lowest BCUT2D eigenvalue weighted by molar-refractivity contribution is -0.119. The molecule has 7 nitrogen and oxygen atoms in total. The van der Waals surface area contributed by atoms with Crippen molar-refractivity contribution in [3.63, 3.8) is 0 Å². The van der Waals surface area contributed by atoms with Gasteiger partial charge in [-0.05, 0) is 12.8 Å². The molecule has 0 spiro atoms. The summed E-state index contributed by atoms with van der Waals surface area (Å²) in [6, 6.07) is 0.0834. The van der Waals surface area contributed by atoms with Crippen molar-refractivity contribution in [1.29, 1.82) is 0 Å². The average Bonchev–Trinajstić information content (AvgIpc) is 2.96. The van der Waals surface area contributed by atoms with Crippen LogP contribution in [0, 0.1) is 0 Å². The van der Waals surface area contributed by atoms with E-state index in [1.54, 1.807) is 0 Å². The normalized spacial score (nSPS) is 16.0. The molecule has 7 heteroatoms. The number of aromatic nitrogens is 3. The zero-order valence-corrected chi connectivity index (χ0v) is 9.43. The van der Waals surface area contributed by atoms with Crippen LogP contribution in [0.1, 0.15) is 36.3 Å². The molecule has 2 amide bonds. The number of carbonyl (C=O) groups is 2. The number of hydrogen-bond acceptors (Lipinski definition) is 4. The molecule has 92 valence electrons. The van der Waals surface area contributed by atoms with Gasteiger partial charge in [0.25, 0.3) is 5.91 Å². The first-order chi connectivity index (χ1) is 8.18. The van der Waals surface area contributed by atoms with E-state index in [2.05, 4.69) is 15.2 Å². The van der Waals surface area contributed by atoms with Crippen LogP contribution >= 0.6 is 0 Å². The minimum Gasteiger partial charge on any atom is -0.368 e. The third-order valence-corrected chi connectivity index (χ3v) is 2.97. The fourth-order valence-electron chi connectivity index (χ4n) is 2.20. The number of nitrogens with one attached hydrogen (secondary N) is 1. The summed E-state index contributed by atoms with van der Waals surface area (Å²) in [5, 5.41) is 6.14. The van der Waals surface area contributed by atoms with Gasteiger partial charge in [-0.3, -0.25) is 14.7 Å². The topological polar surface area (TPSA) is 105 Å². The molecule has 1 aliphatic rings. The van der Waals surface area contributed by atoms with E-state index in [1.807, 2.05) is 0 Å². The van der Waals surface area contributed by atoms with Crippen LogP contribution in [0.3, 0.4) is 0 Å². The van der Waals surface area contributed by atoms with E-state index in [0.717, 1.165) is 25.7 Å². The Bertz CT molecular complexity index is 397. The van der Waals surface area contributed by atoms with Crippen molar-refractivity contribution in [1.82, 2.24) is 20.1 Å². The molecule has 0 aliphatic heterocycles. The lowest BCUT2D eigenvalue weighted by Gasteiger charge is -2.26. The van der Waals surface area contributed by atoms with Crippen molar-refractivity contribution in [2.75, 3.05) is 6.54 Å². The van der Waals surface area contributed by atoms with Gasteiger partial charge < -0.3 is 10.6 Å². The molecule has 3 N–H and O–H groups in total. The van der Waals surface area contributed by atoms with Gasteiger partial charge in [-0.1, -0.05) is 12.8 Å². The van der Waals surface area contributed by atoms with Crippen LogP contribution in [0.5, 0.6) is 0 Å². The minimum atomic E-state index is -0.509. The number of primary amides is 1. The number of H-pyrrole nitrogens is 1. The van der Waals surface area contributed by atoms with Crippen molar-refractivity contribution in [2.24, 2.45) is 5.73 Å². The molecule has 0 bridgehead atoms. The molecule has 1 aromatic rings. The third kappa shape index (κ3) is 2.61. The van der Waals surface area contributed by atoms with Gasteiger partial charge in [0.15, 0.2) is 0 Å². The molecule has 0 radical (unpaired) electrons. The smallest absolute Gasteiger partial charge is 0.291 e. The van der Waals surface area contributed by atoms with Crippen molar-refractivity contribution in [3.05, 3.63) is 12.2 Å². The van der Waals surface area contributed by atoms with Crippen LogP contribution in [0.25, 0.3) is 0 Å². The van der Waals surface area contributed by atoms with E-state index in [9.17, 15) is 9.59 Å². The summed E-state index contributed by atoms with van der Waals surface area (Å²) in [6.45, 7) is -0.0653. The van der Waals surface area contributed by atoms with Gasteiger partial charge in [-0.2, -0.15) is 5.10 Å². The minimum absolute atomic E-state index is 0.0653. The Morgan fingerprint density at radius 3 is 2.71 bits per heavy atom. The summed E-state index contributed by atoms with van der Waals surface area (Å²) in [5.41, 5.74) is 5.17. The first kappa shape index (κ1) is 11.6. The molecule has 1 aromatic heterocycles. The molecule has 1 aliphatic carbocycles. The molecule has 1 fully saturated rings. The Morgan fingerprint density at radius 1 is 1.47 bits per heavy atom. The van der Waals surface area contributed by atoms with Crippen molar-refractivity contribution >= 4 is 11.8 Å². The van der Waals surface area contributed by atoms with Gasteiger partial charge >= 0.3 is 0 Å². The number of hydrogen-bond donors (Lipinski definition) is 2. The highest BCUT2D eigenvalue weighted by atomic mass is 16.2. The van der Waals surface area contributed by atoms with Gasteiger partial charge in [0.2, 0.25) is 11.7 Å². The first-order valence-corrected chi connectivity index (χ1v) is 5.63. The molecule has 0 aromatic carbocycles. The van der Waals surface area contributed by atoms with Crippen LogP contribution in [0.2, 0.25) is 0 Å². The van der Waals surface area contributed by atoms with Crippen LogP contribution in [0.15, 0.2) is 6.33 Å². The quantitative estimate of drug-likeness (QED) is 0.748. The Labute approximate surface area is 98.4 Å². The zero-order valence-electron chi connectivity index (χ0n) is 9.43. The second-order valence-corrected chi connectivity index (χ2v) is 4.17. The number of rotatable bonds is 4. The van der Waals surface area contributed by atoms with E-state index in [0.29, 0.717) is 0 Å². The molecule has 0 unspecified atom stereocenters. The highest BCUT2D eigenvalue weighted by Crippen LogP contribution is 2.24. The lowest BCUT2D eigenvalue weighted by Crippen LogP contribution is -2.44. The number of carbonyl (C=O) groups excluding carboxylic acids is 2. The van der Waals surface area contributed by atoms with Gasteiger partial charge in [0.05, 0.1) is 0 Å². The van der Waals surface area contributed by atoms with Crippen molar-refractivity contribution in [3.8, 4) is 0 Å². The highest BCUT2D eigenvalue weighted by molar-refractivity contribution is 5.93. The van der Waals surface area contributed by atoms with E-state index in [4.69, 9.17) is 5.73 Å². The van der Waals surface area contributed by atoms with Gasteiger partial charge in [0, 0.05) is 6.04 Å². The molecule has 2 rings (SSSR count). The summed E-state index contributed by atoms with van der Waals surface area (Å²) in [6.07, 6.45) is 5.23. The first-order valence-electron chi connectivity index (χ1n) is 5.63. The van der Waals surface area contributed by atoms with E-state index in [1.165, 1.54) is 11.2 Å². The predicted molar refractivity (Wildman–Crippen MR) is 58.9 cm³/mol. The van der Waals surface area contributed by atoms with Gasteiger partial charge in [0.1, 0.15) is 12.9 Å². The van der Waals surface area contributed by atoms with E-state index >= 15 is 0 Å². The van der Waals surface area contributed by atoms with Crippen molar-refractivity contribution < 1.29 is 9.59 Å². The van der Waals surface area contributed by atoms with E-state index in [-0.39, 0.29) is 24.3 Å². The monoisotopic (exact) mass is 237 g/mol. The summed E-state index contributed by atoms with van der Waals surface area (Å²) in [5.74, 6) is -0.670. The summed E-state index contributed by atoms with van der Waals surface area (Å²) in [4.78, 5) is 28.4. The van der Waals surface area contributed by atoms with Crippen LogP contribution in [0.4, 0.5) is 0 Å². The van der Waals surface area contributed by atoms with E-state index < -0.39 is 5.91 Å². The average molecular weight is 237 g/mol. The molecule has 0 atom stereocenters. The number of nitrogens with zero attached hydrogens (tertiary/aromatic N) is 3. The molecule has 17 heavy (non-hydrogen) atoms. The highest BCUT2D eigenvalue weighted by Gasteiger charge is 2.29. The molecule has 0 saturated heterocycles. The lowest BCUT2D eigenvalue weighted by atomic mass is 10.2. The van der Waals surface area contributed by atoms with Crippen LogP contribution in [-0.4, -0.2) is 44.5 Å². The van der Waals surface area contributed by atoms with Crippen LogP contribution < -0.4 is 5.73 Å². The van der Waals surface area contributed by atoms with Gasteiger partial charge in [-0.25, -0.2) is 4.98 Å². The summed E-state index contributed by atoms with van der Waals surface area (Å²) >= 11 is 0. The number of aromatic amines is 1. The summed E-state index contributed by atoms with van der Waals surface area (Å²) < 4.78 is 0. The maximum Gasteiger partial charge on any atom is 0.291 e. The second kappa shape index (κ2) is 4.94. The predicted octanol–water partition coefficient (Wildman–Crippen LogP) is -0.325. The molecular formula is C10H15N5O2.